The molecule has 0 saturated heterocycles. The molecule has 0 saturated carbocycles. The third-order valence-corrected chi connectivity index (χ3v) is 3.29. The van der Waals surface area contributed by atoms with E-state index < -0.39 is 5.82 Å². The van der Waals surface area contributed by atoms with Crippen molar-refractivity contribution in [3.63, 3.8) is 0 Å². The minimum absolute atomic E-state index is 0.0600. The average Bonchev–Trinajstić information content (AvgIpc) is 2.54. The minimum atomic E-state index is -0.495. The summed E-state index contributed by atoms with van der Waals surface area (Å²) in [4.78, 5) is 12.4. The fraction of sp³-hybridized carbons (Fsp3) is 0.235. The van der Waals surface area contributed by atoms with Gasteiger partial charge in [0.15, 0.2) is 17.3 Å². The molecule has 0 atom stereocenters. The summed E-state index contributed by atoms with van der Waals surface area (Å²) in [7, 11) is 4.41. The van der Waals surface area contributed by atoms with Crippen molar-refractivity contribution in [2.45, 2.75) is 6.42 Å². The number of carbonyl (C=O) groups excluding carboxylic acids is 1. The molecule has 0 spiro atoms. The standard InChI is InChI=1S/C17H17FO4/c1-20-12-5-7-16(21-2)13(10-12)15(19)9-11-4-6-17(22-3)14(18)8-11/h4-8,10H,9H2,1-3H3. The van der Waals surface area contributed by atoms with Gasteiger partial charge in [-0.2, -0.15) is 0 Å². The van der Waals surface area contributed by atoms with E-state index in [-0.39, 0.29) is 18.0 Å². The molecule has 0 unspecified atom stereocenters. The van der Waals surface area contributed by atoms with Gasteiger partial charge in [-0.15, -0.1) is 0 Å². The van der Waals surface area contributed by atoms with E-state index in [0.29, 0.717) is 22.6 Å². The molecule has 0 radical (unpaired) electrons. The Hall–Kier alpha value is -2.56. The van der Waals surface area contributed by atoms with Crippen LogP contribution in [0.2, 0.25) is 0 Å². The van der Waals surface area contributed by atoms with Crippen LogP contribution < -0.4 is 14.2 Å². The zero-order chi connectivity index (χ0) is 16.1. The number of hydrogen-bond acceptors (Lipinski definition) is 4. The molecule has 0 aliphatic heterocycles. The lowest BCUT2D eigenvalue weighted by Crippen LogP contribution is -2.06. The molecule has 4 nitrogen and oxygen atoms in total. The lowest BCUT2D eigenvalue weighted by molar-refractivity contribution is 0.0989. The number of benzene rings is 2. The molecule has 5 heteroatoms. The summed E-state index contributed by atoms with van der Waals surface area (Å²) in [5.41, 5.74) is 0.964. The maximum absolute atomic E-state index is 13.7. The quantitative estimate of drug-likeness (QED) is 0.768. The van der Waals surface area contributed by atoms with Gasteiger partial charge < -0.3 is 14.2 Å². The molecule has 0 aromatic heterocycles. The molecule has 2 rings (SSSR count). The average molecular weight is 304 g/mol. The first-order valence-electron chi connectivity index (χ1n) is 6.66. The third-order valence-electron chi connectivity index (χ3n) is 3.29. The van der Waals surface area contributed by atoms with Gasteiger partial charge in [0, 0.05) is 6.42 Å². The SMILES string of the molecule is COc1ccc(OC)c(C(=O)Cc2ccc(OC)c(F)c2)c1. The summed E-state index contributed by atoms with van der Waals surface area (Å²) in [5.74, 6) is 0.491. The number of hydrogen-bond donors (Lipinski definition) is 0. The Kier molecular flexibility index (Phi) is 4.99. The maximum atomic E-state index is 13.7. The Bertz CT molecular complexity index is 682. The molecular weight excluding hydrogens is 287 g/mol. The fourth-order valence-corrected chi connectivity index (χ4v) is 2.13. The third kappa shape index (κ3) is 3.36. The van der Waals surface area contributed by atoms with Gasteiger partial charge >= 0.3 is 0 Å². The summed E-state index contributed by atoms with van der Waals surface area (Å²) >= 11 is 0. The van der Waals surface area contributed by atoms with Crippen molar-refractivity contribution in [1.82, 2.24) is 0 Å². The number of carbonyl (C=O) groups is 1. The van der Waals surface area contributed by atoms with Crippen LogP contribution in [0.25, 0.3) is 0 Å². The lowest BCUT2D eigenvalue weighted by Gasteiger charge is -2.10. The van der Waals surface area contributed by atoms with Crippen LogP contribution in [0.5, 0.6) is 17.2 Å². The molecule has 0 heterocycles. The molecule has 0 N–H and O–H groups in total. The Morgan fingerprint density at radius 3 is 2.23 bits per heavy atom. The summed E-state index contributed by atoms with van der Waals surface area (Å²) in [6.45, 7) is 0. The van der Waals surface area contributed by atoms with E-state index in [0.717, 1.165) is 0 Å². The molecule has 2 aromatic carbocycles. The number of Topliss-reactive ketones (excluding diaryl/α,β-unsaturated/α-hetero) is 1. The predicted octanol–water partition coefficient (Wildman–Crippen LogP) is 3.28. The highest BCUT2D eigenvalue weighted by atomic mass is 19.1. The van der Waals surface area contributed by atoms with Gasteiger partial charge in [0.1, 0.15) is 11.5 Å². The van der Waals surface area contributed by atoms with Crippen LogP contribution in [0.15, 0.2) is 36.4 Å². The van der Waals surface area contributed by atoms with Crippen molar-refractivity contribution in [2.24, 2.45) is 0 Å². The van der Waals surface area contributed by atoms with E-state index >= 15 is 0 Å². The van der Waals surface area contributed by atoms with Crippen molar-refractivity contribution >= 4 is 5.78 Å². The Labute approximate surface area is 128 Å². The van der Waals surface area contributed by atoms with Crippen LogP contribution in [0.4, 0.5) is 4.39 Å². The highest BCUT2D eigenvalue weighted by Crippen LogP contribution is 2.26. The van der Waals surface area contributed by atoms with Crippen molar-refractivity contribution in [2.75, 3.05) is 21.3 Å². The Morgan fingerprint density at radius 1 is 0.955 bits per heavy atom. The highest BCUT2D eigenvalue weighted by molar-refractivity contribution is 6.00. The number of methoxy groups -OCH3 is 3. The van der Waals surface area contributed by atoms with Gasteiger partial charge in [0.25, 0.3) is 0 Å². The van der Waals surface area contributed by atoms with Crippen molar-refractivity contribution < 1.29 is 23.4 Å². The van der Waals surface area contributed by atoms with Gasteiger partial charge in [0.2, 0.25) is 0 Å². The van der Waals surface area contributed by atoms with Crippen LogP contribution in [0.1, 0.15) is 15.9 Å². The Morgan fingerprint density at radius 2 is 1.64 bits per heavy atom. The van der Waals surface area contributed by atoms with E-state index in [9.17, 15) is 9.18 Å². The molecule has 0 aliphatic rings. The van der Waals surface area contributed by atoms with E-state index in [4.69, 9.17) is 14.2 Å². The summed E-state index contributed by atoms with van der Waals surface area (Å²) < 4.78 is 28.9. The highest BCUT2D eigenvalue weighted by Gasteiger charge is 2.15. The van der Waals surface area contributed by atoms with Crippen molar-refractivity contribution in [3.05, 3.63) is 53.3 Å². The zero-order valence-corrected chi connectivity index (χ0v) is 12.7. The number of rotatable bonds is 6. The molecule has 0 bridgehead atoms. The molecule has 0 amide bonds. The number of halogens is 1. The van der Waals surface area contributed by atoms with Crippen molar-refractivity contribution in [3.8, 4) is 17.2 Å². The van der Waals surface area contributed by atoms with Crippen LogP contribution in [0.3, 0.4) is 0 Å². The fourth-order valence-electron chi connectivity index (χ4n) is 2.13. The zero-order valence-electron chi connectivity index (χ0n) is 12.7. The van der Waals surface area contributed by atoms with Gasteiger partial charge in [-0.25, -0.2) is 4.39 Å². The molecule has 0 fully saturated rings. The lowest BCUT2D eigenvalue weighted by atomic mass is 10.0. The summed E-state index contributed by atoms with van der Waals surface area (Å²) in [5, 5.41) is 0. The van der Waals surface area contributed by atoms with E-state index in [2.05, 4.69) is 0 Å². The summed E-state index contributed by atoms with van der Waals surface area (Å²) in [6, 6.07) is 9.45. The number of ketones is 1. The van der Waals surface area contributed by atoms with E-state index in [1.165, 1.54) is 33.5 Å². The van der Waals surface area contributed by atoms with Crippen LogP contribution in [0, 0.1) is 5.82 Å². The van der Waals surface area contributed by atoms with Crippen LogP contribution >= 0.6 is 0 Å². The monoisotopic (exact) mass is 304 g/mol. The van der Waals surface area contributed by atoms with Crippen molar-refractivity contribution in [1.29, 1.82) is 0 Å². The molecule has 22 heavy (non-hydrogen) atoms. The molecule has 2 aromatic rings. The second kappa shape index (κ2) is 6.93. The van der Waals surface area contributed by atoms with Gasteiger partial charge in [-0.1, -0.05) is 6.07 Å². The molecule has 0 aliphatic carbocycles. The maximum Gasteiger partial charge on any atom is 0.171 e. The van der Waals surface area contributed by atoms with Gasteiger partial charge in [-0.05, 0) is 35.9 Å². The smallest absolute Gasteiger partial charge is 0.171 e. The number of ether oxygens (including phenoxy) is 3. The first kappa shape index (κ1) is 15.8. The minimum Gasteiger partial charge on any atom is -0.497 e. The second-order valence-electron chi connectivity index (χ2n) is 4.64. The first-order valence-corrected chi connectivity index (χ1v) is 6.66. The largest absolute Gasteiger partial charge is 0.497 e. The van der Waals surface area contributed by atoms with Gasteiger partial charge in [0.05, 0.1) is 26.9 Å². The Balaban J connectivity index is 2.27. The normalized spacial score (nSPS) is 10.2. The van der Waals surface area contributed by atoms with E-state index in [1.807, 2.05) is 0 Å². The van der Waals surface area contributed by atoms with Crippen LogP contribution in [-0.2, 0) is 6.42 Å². The second-order valence-corrected chi connectivity index (χ2v) is 4.64. The van der Waals surface area contributed by atoms with Gasteiger partial charge in [-0.3, -0.25) is 4.79 Å². The first-order chi connectivity index (χ1) is 10.6. The molecular formula is C17H17FO4. The van der Waals surface area contributed by atoms with E-state index in [1.54, 1.807) is 24.3 Å². The summed E-state index contributed by atoms with van der Waals surface area (Å²) in [6.07, 6.45) is 0.0600. The molecule has 116 valence electrons. The topological polar surface area (TPSA) is 44.8 Å². The van der Waals surface area contributed by atoms with Crippen LogP contribution in [-0.4, -0.2) is 27.1 Å². The predicted molar refractivity (Wildman–Crippen MR) is 80.5 cm³/mol.